The van der Waals surface area contributed by atoms with Gasteiger partial charge >= 0.3 is 0 Å². The van der Waals surface area contributed by atoms with Gasteiger partial charge in [0.05, 0.1) is 20.3 Å². The monoisotopic (exact) mass is 496 g/mol. The molecule has 188 valence electrons. The van der Waals surface area contributed by atoms with E-state index in [0.717, 1.165) is 51.7 Å². The molecule has 1 fully saturated rings. The molecule has 37 heavy (non-hydrogen) atoms. The molecule has 2 aromatic heterocycles. The number of anilines is 2. The highest BCUT2D eigenvalue weighted by Gasteiger charge is 2.29. The second-order valence-corrected chi connectivity index (χ2v) is 9.13. The van der Waals surface area contributed by atoms with E-state index in [4.69, 9.17) is 14.2 Å². The Morgan fingerprint density at radius 1 is 1.14 bits per heavy atom. The molecule has 6 rings (SSSR count). The van der Waals surface area contributed by atoms with Gasteiger partial charge in [-0.3, -0.25) is 9.78 Å². The summed E-state index contributed by atoms with van der Waals surface area (Å²) < 4.78 is 18.0. The van der Waals surface area contributed by atoms with E-state index < -0.39 is 0 Å². The van der Waals surface area contributed by atoms with Crippen molar-refractivity contribution in [2.75, 3.05) is 37.0 Å². The lowest BCUT2D eigenvalue weighted by Crippen LogP contribution is -2.41. The Morgan fingerprint density at radius 3 is 2.97 bits per heavy atom. The summed E-state index contributed by atoms with van der Waals surface area (Å²) in [5, 5.41) is 3.45. The molecule has 2 aromatic carbocycles. The van der Waals surface area contributed by atoms with Gasteiger partial charge in [-0.15, -0.1) is 0 Å². The van der Waals surface area contributed by atoms with Crippen LogP contribution in [-0.4, -0.2) is 36.8 Å². The Kier molecular flexibility index (Phi) is 6.24. The molecule has 4 aromatic rings. The minimum atomic E-state index is -0.195. The van der Waals surface area contributed by atoms with E-state index in [0.29, 0.717) is 31.9 Å². The molecule has 1 atom stereocenters. The number of hydrogen-bond acceptors (Lipinski definition) is 7. The molecule has 2 aliphatic rings. The fourth-order valence-corrected chi connectivity index (χ4v) is 5.01. The number of fused-ring (bicyclic) bond motifs is 2. The van der Waals surface area contributed by atoms with Crippen molar-refractivity contribution in [3.63, 3.8) is 0 Å². The lowest BCUT2D eigenvalue weighted by Gasteiger charge is -2.35. The summed E-state index contributed by atoms with van der Waals surface area (Å²) in [6.45, 7) is 2.35. The van der Waals surface area contributed by atoms with Crippen LogP contribution >= 0.6 is 0 Å². The molecule has 0 aliphatic carbocycles. The zero-order valence-electron chi connectivity index (χ0n) is 20.6. The largest absolute Gasteiger partial charge is 0.495 e. The highest BCUT2D eigenvalue weighted by atomic mass is 16.5. The van der Waals surface area contributed by atoms with E-state index in [1.165, 1.54) is 0 Å². The van der Waals surface area contributed by atoms with Crippen LogP contribution in [0.2, 0.25) is 0 Å². The quantitative estimate of drug-likeness (QED) is 0.353. The van der Waals surface area contributed by atoms with E-state index in [-0.39, 0.29) is 11.7 Å². The number of morpholine rings is 1. The fraction of sp³-hybridized carbons (Fsp3) is 0.241. The average Bonchev–Trinajstić information content (AvgIpc) is 2.95. The number of nitrogens with one attached hydrogen (secondary N) is 2. The summed E-state index contributed by atoms with van der Waals surface area (Å²) in [6.07, 6.45) is 3.98. The Bertz CT molecular complexity index is 1480. The maximum atomic E-state index is 12.3. The van der Waals surface area contributed by atoms with Gasteiger partial charge in [0, 0.05) is 48.7 Å². The minimum Gasteiger partial charge on any atom is -0.495 e. The van der Waals surface area contributed by atoms with Crippen molar-refractivity contribution in [1.82, 2.24) is 9.97 Å². The molecule has 1 saturated heterocycles. The summed E-state index contributed by atoms with van der Waals surface area (Å²) in [4.78, 5) is 21.6. The second-order valence-electron chi connectivity index (χ2n) is 9.13. The third-order valence-corrected chi connectivity index (χ3v) is 6.86. The first-order valence-electron chi connectivity index (χ1n) is 12.4. The van der Waals surface area contributed by atoms with Crippen LogP contribution in [0.4, 0.5) is 11.4 Å². The van der Waals surface area contributed by atoms with Crippen LogP contribution in [0.5, 0.6) is 17.2 Å². The second kappa shape index (κ2) is 9.99. The summed E-state index contributed by atoms with van der Waals surface area (Å²) in [5.41, 5.74) is 5.66. The zero-order chi connectivity index (χ0) is 25.2. The molecule has 0 radical (unpaired) electrons. The highest BCUT2D eigenvalue weighted by molar-refractivity contribution is 5.59. The number of H-pyrrole nitrogens is 1. The molecule has 0 spiro atoms. The third kappa shape index (κ3) is 4.63. The molecular weight excluding hydrogens is 468 g/mol. The highest BCUT2D eigenvalue weighted by Crippen LogP contribution is 2.43. The van der Waals surface area contributed by atoms with Crippen molar-refractivity contribution in [2.24, 2.45) is 0 Å². The van der Waals surface area contributed by atoms with E-state index in [9.17, 15) is 4.79 Å². The van der Waals surface area contributed by atoms with E-state index in [1.807, 2.05) is 36.4 Å². The zero-order valence-corrected chi connectivity index (χ0v) is 20.6. The fourth-order valence-electron chi connectivity index (χ4n) is 5.01. The van der Waals surface area contributed by atoms with Gasteiger partial charge in [-0.1, -0.05) is 18.2 Å². The summed E-state index contributed by atoms with van der Waals surface area (Å²) in [5.74, 6) is 2.45. The topological polar surface area (TPSA) is 88.7 Å². The Hall–Kier alpha value is -4.30. The van der Waals surface area contributed by atoms with Crippen LogP contribution in [0.1, 0.15) is 28.5 Å². The smallest absolute Gasteiger partial charge is 0.271 e. The average molecular weight is 497 g/mol. The van der Waals surface area contributed by atoms with Crippen LogP contribution in [0, 0.1) is 0 Å². The van der Waals surface area contributed by atoms with E-state index in [2.05, 4.69) is 44.5 Å². The van der Waals surface area contributed by atoms with Gasteiger partial charge in [-0.25, -0.2) is 0 Å². The van der Waals surface area contributed by atoms with E-state index in [1.54, 1.807) is 19.5 Å². The maximum Gasteiger partial charge on any atom is 0.271 e. The maximum absolute atomic E-state index is 12.3. The van der Waals surface area contributed by atoms with Crippen LogP contribution in [0.25, 0.3) is 0 Å². The normalized spacial score (nSPS) is 16.4. The number of ether oxygens (including phenoxy) is 3. The first kappa shape index (κ1) is 23.1. The molecule has 2 N–H and O–H groups in total. The number of aromatic nitrogens is 2. The van der Waals surface area contributed by atoms with Crippen molar-refractivity contribution in [3.05, 3.63) is 106 Å². The number of nitrogens with zero attached hydrogens (tertiary/aromatic N) is 2. The van der Waals surface area contributed by atoms with Crippen molar-refractivity contribution in [3.8, 4) is 17.2 Å². The third-order valence-electron chi connectivity index (χ3n) is 6.86. The number of hydrogen-bond donors (Lipinski definition) is 2. The molecule has 0 bridgehead atoms. The molecule has 1 unspecified atom stereocenters. The number of aromatic amines is 1. The van der Waals surface area contributed by atoms with Crippen LogP contribution < -0.4 is 25.2 Å². The molecule has 2 aliphatic heterocycles. The van der Waals surface area contributed by atoms with Gasteiger partial charge in [-0.2, -0.15) is 0 Å². The van der Waals surface area contributed by atoms with Gasteiger partial charge in [0.2, 0.25) is 0 Å². The van der Waals surface area contributed by atoms with Gasteiger partial charge in [0.25, 0.3) is 5.56 Å². The van der Waals surface area contributed by atoms with Crippen LogP contribution in [-0.2, 0) is 17.7 Å². The number of benzene rings is 2. The van der Waals surface area contributed by atoms with Gasteiger partial charge < -0.3 is 29.4 Å². The molecule has 8 heteroatoms. The first-order chi connectivity index (χ1) is 18.2. The van der Waals surface area contributed by atoms with Crippen molar-refractivity contribution < 1.29 is 14.2 Å². The first-order valence-corrected chi connectivity index (χ1v) is 12.4. The van der Waals surface area contributed by atoms with Crippen LogP contribution in [0.15, 0.2) is 77.9 Å². The molecule has 0 saturated carbocycles. The summed E-state index contributed by atoms with van der Waals surface area (Å²) in [6, 6.07) is 19.8. The molecule has 8 nitrogen and oxygen atoms in total. The lowest BCUT2D eigenvalue weighted by atomic mass is 9.95. The number of rotatable bonds is 6. The molecule has 0 amide bonds. The Morgan fingerprint density at radius 2 is 2.08 bits per heavy atom. The van der Waals surface area contributed by atoms with Crippen molar-refractivity contribution in [1.29, 1.82) is 0 Å². The molecular formula is C29H28N4O4. The Labute approximate surface area is 214 Å². The SMILES string of the molecule is COc1cccnc1CNc1ccc2c(c1)Cc1cccc(C3CN(c4ccc[nH]c4=O)CCO3)c1O2. The standard InChI is InChI=1S/C29H28N4O4/c1-35-26-8-4-11-30-23(26)17-32-21-9-10-25-20(16-21)15-19-5-2-6-22(28(19)37-25)27-18-33(13-14-36-27)24-7-3-12-31-29(24)34/h2-12,16,27,32H,13-15,17-18H2,1H3,(H,31,34). The number of pyridine rings is 2. The summed E-state index contributed by atoms with van der Waals surface area (Å²) in [7, 11) is 1.65. The van der Waals surface area contributed by atoms with Gasteiger partial charge in [-0.05, 0) is 48.0 Å². The Balaban J connectivity index is 1.21. The number of methoxy groups -OCH3 is 1. The predicted octanol–water partition coefficient (Wildman–Crippen LogP) is 4.67. The molecule has 4 heterocycles. The van der Waals surface area contributed by atoms with Crippen molar-refractivity contribution in [2.45, 2.75) is 19.1 Å². The minimum absolute atomic E-state index is 0.0886. The summed E-state index contributed by atoms with van der Waals surface area (Å²) >= 11 is 0. The van der Waals surface area contributed by atoms with Gasteiger partial charge in [0.15, 0.2) is 0 Å². The van der Waals surface area contributed by atoms with Crippen LogP contribution in [0.3, 0.4) is 0 Å². The lowest BCUT2D eigenvalue weighted by molar-refractivity contribution is 0.0383. The number of para-hydroxylation sites is 1. The van der Waals surface area contributed by atoms with Gasteiger partial charge in [0.1, 0.15) is 34.7 Å². The predicted molar refractivity (Wildman–Crippen MR) is 142 cm³/mol. The van der Waals surface area contributed by atoms with Crippen molar-refractivity contribution >= 4 is 11.4 Å². The van der Waals surface area contributed by atoms with E-state index >= 15 is 0 Å².